The molecule has 2 aromatic heterocycles. The first-order chi connectivity index (χ1) is 13.5. The van der Waals surface area contributed by atoms with E-state index in [1.165, 1.54) is 21.3 Å². The Bertz CT molecular complexity index is 985. The molecule has 9 nitrogen and oxygen atoms in total. The van der Waals surface area contributed by atoms with Crippen LogP contribution in [0.15, 0.2) is 24.5 Å². The number of nitrogens with one attached hydrogen (secondary N) is 3. The molecule has 0 aliphatic rings. The molecule has 148 valence electrons. The van der Waals surface area contributed by atoms with E-state index in [0.29, 0.717) is 40.0 Å². The van der Waals surface area contributed by atoms with Crippen LogP contribution in [0.4, 0.5) is 5.95 Å². The van der Waals surface area contributed by atoms with Gasteiger partial charge in [0, 0.05) is 29.2 Å². The number of carbonyl (C=O) groups is 1. The Morgan fingerprint density at radius 1 is 1.21 bits per heavy atom. The first kappa shape index (κ1) is 19.4. The summed E-state index contributed by atoms with van der Waals surface area (Å²) in [7, 11) is 4.49. The van der Waals surface area contributed by atoms with E-state index < -0.39 is 5.97 Å². The lowest BCUT2D eigenvalue weighted by Gasteiger charge is -2.16. The highest BCUT2D eigenvalue weighted by molar-refractivity contribution is 6.36. The van der Waals surface area contributed by atoms with Crippen molar-refractivity contribution in [3.63, 3.8) is 0 Å². The number of carboxylic acids is 1. The number of nitrogens with zero attached hydrogens (tertiary/aromatic N) is 1. The third kappa shape index (κ3) is 3.44. The highest BCUT2D eigenvalue weighted by Crippen LogP contribution is 2.47. The van der Waals surface area contributed by atoms with E-state index in [9.17, 15) is 9.90 Å². The molecule has 0 atom stereocenters. The molecule has 0 spiro atoms. The zero-order valence-corrected chi connectivity index (χ0v) is 16.2. The summed E-state index contributed by atoms with van der Waals surface area (Å²) < 4.78 is 16.3. The number of ether oxygens (including phenoxy) is 3. The van der Waals surface area contributed by atoms with Crippen molar-refractivity contribution in [2.75, 3.05) is 26.6 Å². The van der Waals surface area contributed by atoms with Gasteiger partial charge in [-0.05, 0) is 12.1 Å². The predicted molar refractivity (Wildman–Crippen MR) is 104 cm³/mol. The van der Waals surface area contributed by atoms with Gasteiger partial charge >= 0.3 is 5.97 Å². The van der Waals surface area contributed by atoms with Crippen molar-refractivity contribution >= 4 is 23.5 Å². The van der Waals surface area contributed by atoms with Gasteiger partial charge in [-0.25, -0.2) is 9.78 Å². The van der Waals surface area contributed by atoms with Crippen molar-refractivity contribution in [2.45, 2.75) is 6.54 Å². The average molecular weight is 407 g/mol. The summed E-state index contributed by atoms with van der Waals surface area (Å²) >= 11 is 6.43. The highest BCUT2D eigenvalue weighted by atomic mass is 35.5. The van der Waals surface area contributed by atoms with Gasteiger partial charge in [0.15, 0.2) is 17.4 Å². The second kappa shape index (κ2) is 8.13. The van der Waals surface area contributed by atoms with Gasteiger partial charge in [-0.2, -0.15) is 0 Å². The summed E-state index contributed by atoms with van der Waals surface area (Å²) in [6.07, 6.45) is 3.27. The van der Waals surface area contributed by atoms with Gasteiger partial charge in [0.05, 0.1) is 32.9 Å². The molecular weight excluding hydrogens is 388 g/mol. The molecule has 0 bridgehead atoms. The van der Waals surface area contributed by atoms with Gasteiger partial charge in [-0.15, -0.1) is 0 Å². The Labute approximate surface area is 165 Å². The predicted octanol–water partition coefficient (Wildman–Crippen LogP) is 3.39. The minimum absolute atomic E-state index is 0.0641. The quantitative estimate of drug-likeness (QED) is 0.452. The first-order valence-corrected chi connectivity index (χ1v) is 8.55. The van der Waals surface area contributed by atoms with Gasteiger partial charge in [0.25, 0.3) is 0 Å². The number of H-pyrrole nitrogens is 2. The smallest absolute Gasteiger partial charge is 0.353 e. The first-order valence-electron chi connectivity index (χ1n) is 8.18. The van der Waals surface area contributed by atoms with Gasteiger partial charge in [-0.1, -0.05) is 11.6 Å². The number of aromatic carboxylic acids is 1. The van der Waals surface area contributed by atoms with Crippen LogP contribution in [0.25, 0.3) is 11.1 Å². The molecule has 4 N–H and O–H groups in total. The third-order valence-corrected chi connectivity index (χ3v) is 4.51. The topological polar surface area (TPSA) is 121 Å². The van der Waals surface area contributed by atoms with Crippen LogP contribution in [0.5, 0.6) is 17.2 Å². The number of carboxylic acid groups (broad SMARTS) is 1. The normalized spacial score (nSPS) is 10.6. The molecule has 28 heavy (non-hydrogen) atoms. The molecule has 10 heteroatoms. The molecule has 2 heterocycles. The van der Waals surface area contributed by atoms with E-state index in [1.54, 1.807) is 24.5 Å². The maximum absolute atomic E-state index is 11.6. The SMILES string of the molecule is COc1ccc(-c2c(CNc3ncc[nH]3)[nH]c(C(=O)O)c2Cl)c(OC)c1OC. The number of aromatic nitrogens is 3. The number of hydrogen-bond acceptors (Lipinski definition) is 6. The minimum Gasteiger partial charge on any atom is -0.493 e. The summed E-state index contributed by atoms with van der Waals surface area (Å²) in [6, 6.07) is 3.43. The van der Waals surface area contributed by atoms with Gasteiger partial charge in [-0.3, -0.25) is 0 Å². The minimum atomic E-state index is -1.17. The van der Waals surface area contributed by atoms with Crippen molar-refractivity contribution in [1.82, 2.24) is 15.0 Å². The van der Waals surface area contributed by atoms with E-state index >= 15 is 0 Å². The number of rotatable bonds is 8. The van der Waals surface area contributed by atoms with Crippen LogP contribution >= 0.6 is 11.6 Å². The Morgan fingerprint density at radius 2 is 1.96 bits per heavy atom. The van der Waals surface area contributed by atoms with Crippen LogP contribution in [0, 0.1) is 0 Å². The number of hydrogen-bond donors (Lipinski definition) is 4. The number of imidazole rings is 1. The zero-order chi connectivity index (χ0) is 20.3. The molecule has 3 rings (SSSR count). The Balaban J connectivity index is 2.16. The number of halogens is 1. The molecule has 1 aromatic carbocycles. The van der Waals surface area contributed by atoms with E-state index in [-0.39, 0.29) is 17.3 Å². The summed E-state index contributed by atoms with van der Waals surface area (Å²) in [4.78, 5) is 21.5. The molecular formula is C18H19ClN4O5. The van der Waals surface area contributed by atoms with E-state index in [1.807, 2.05) is 0 Å². The lowest BCUT2D eigenvalue weighted by atomic mass is 10.0. The Kier molecular flexibility index (Phi) is 5.65. The molecule has 0 radical (unpaired) electrons. The second-order valence-corrected chi connectivity index (χ2v) is 6.02. The zero-order valence-electron chi connectivity index (χ0n) is 15.4. The van der Waals surface area contributed by atoms with E-state index in [4.69, 9.17) is 25.8 Å². The lowest BCUT2D eigenvalue weighted by molar-refractivity contribution is 0.0691. The van der Waals surface area contributed by atoms with Crippen LogP contribution in [0.3, 0.4) is 0 Å². The van der Waals surface area contributed by atoms with Gasteiger partial charge in [0.1, 0.15) is 5.69 Å². The summed E-state index contributed by atoms with van der Waals surface area (Å²) in [5.74, 6) is 0.590. The standard InChI is InChI=1S/C18H19ClN4O5/c1-26-11-5-4-9(15(27-2)16(11)28-3)12-10(8-22-18-20-6-7-21-18)23-14(13(12)19)17(24)25/h4-7,23H,8H2,1-3H3,(H,24,25)(H2,20,21,22). The van der Waals surface area contributed by atoms with Crippen molar-refractivity contribution in [3.05, 3.63) is 40.9 Å². The molecule has 0 unspecified atom stereocenters. The summed E-state index contributed by atoms with van der Waals surface area (Å²) in [6.45, 7) is 0.243. The molecule has 0 fully saturated rings. The number of anilines is 1. The van der Waals surface area contributed by atoms with Gasteiger partial charge in [0.2, 0.25) is 5.75 Å². The molecule has 0 saturated heterocycles. The van der Waals surface area contributed by atoms with Crippen LogP contribution < -0.4 is 19.5 Å². The highest BCUT2D eigenvalue weighted by Gasteiger charge is 2.26. The Morgan fingerprint density at radius 3 is 2.54 bits per heavy atom. The fraction of sp³-hybridized carbons (Fsp3) is 0.222. The monoisotopic (exact) mass is 406 g/mol. The fourth-order valence-corrected chi connectivity index (χ4v) is 3.26. The summed E-state index contributed by atoms with van der Waals surface area (Å²) in [5, 5.41) is 12.6. The number of aromatic amines is 2. The Hall–Kier alpha value is -3.33. The fourth-order valence-electron chi connectivity index (χ4n) is 2.92. The van der Waals surface area contributed by atoms with Gasteiger partial charge < -0.3 is 34.6 Å². The van der Waals surface area contributed by atoms with Crippen LogP contribution in [-0.2, 0) is 6.54 Å². The maximum atomic E-state index is 11.6. The van der Waals surface area contributed by atoms with Crippen LogP contribution in [-0.4, -0.2) is 47.4 Å². The van der Waals surface area contributed by atoms with E-state index in [0.717, 1.165) is 0 Å². The number of methoxy groups -OCH3 is 3. The lowest BCUT2D eigenvalue weighted by Crippen LogP contribution is -2.04. The van der Waals surface area contributed by atoms with Crippen LogP contribution in [0.1, 0.15) is 16.2 Å². The van der Waals surface area contributed by atoms with Crippen molar-refractivity contribution in [2.24, 2.45) is 0 Å². The van der Waals surface area contributed by atoms with Crippen molar-refractivity contribution in [1.29, 1.82) is 0 Å². The third-order valence-electron chi connectivity index (χ3n) is 4.13. The maximum Gasteiger partial charge on any atom is 0.353 e. The molecule has 0 amide bonds. The van der Waals surface area contributed by atoms with E-state index in [2.05, 4.69) is 20.3 Å². The second-order valence-electron chi connectivity index (χ2n) is 5.65. The average Bonchev–Trinajstić information content (AvgIpc) is 3.32. The van der Waals surface area contributed by atoms with Crippen molar-refractivity contribution in [3.8, 4) is 28.4 Å². The van der Waals surface area contributed by atoms with Crippen molar-refractivity contribution < 1.29 is 24.1 Å². The molecule has 0 aliphatic heterocycles. The largest absolute Gasteiger partial charge is 0.493 e. The molecule has 0 aliphatic carbocycles. The molecule has 3 aromatic rings. The summed E-state index contributed by atoms with van der Waals surface area (Å²) in [5.41, 5.74) is 1.47. The van der Waals surface area contributed by atoms with Crippen LogP contribution in [0.2, 0.25) is 5.02 Å². The number of benzene rings is 1. The molecule has 0 saturated carbocycles.